The highest BCUT2D eigenvalue weighted by Crippen LogP contribution is 2.21. The van der Waals surface area contributed by atoms with Crippen molar-refractivity contribution < 1.29 is 19.1 Å². The van der Waals surface area contributed by atoms with Crippen LogP contribution < -0.4 is 14.8 Å². The number of carbonyl (C=O) groups is 2. The molecule has 6 nitrogen and oxygen atoms in total. The average Bonchev–Trinajstić information content (AvgIpc) is 2.78. The van der Waals surface area contributed by atoms with E-state index < -0.39 is 6.04 Å². The number of nitrogens with one attached hydrogen (secondary N) is 1. The average molecular weight is 441 g/mol. The number of nitrogens with zero attached hydrogens (tertiary/aromatic N) is 1. The van der Waals surface area contributed by atoms with Gasteiger partial charge in [-0.05, 0) is 61.1 Å². The first-order valence-electron chi connectivity index (χ1n) is 11.2. The zero-order valence-electron chi connectivity index (χ0n) is 20.1. The molecule has 2 aromatic carbocycles. The molecule has 0 fully saturated rings. The highest BCUT2D eigenvalue weighted by molar-refractivity contribution is 5.88. The predicted octanol–water partition coefficient (Wildman–Crippen LogP) is 4.27. The van der Waals surface area contributed by atoms with Crippen LogP contribution in [0.25, 0.3) is 0 Å². The number of rotatable bonds is 11. The van der Waals surface area contributed by atoms with E-state index in [-0.39, 0.29) is 18.4 Å². The van der Waals surface area contributed by atoms with Crippen LogP contribution in [0.2, 0.25) is 0 Å². The summed E-state index contributed by atoms with van der Waals surface area (Å²) in [5.41, 5.74) is 3.02. The van der Waals surface area contributed by atoms with Gasteiger partial charge in [-0.1, -0.05) is 45.0 Å². The van der Waals surface area contributed by atoms with E-state index in [9.17, 15) is 9.59 Å². The summed E-state index contributed by atoms with van der Waals surface area (Å²) in [5.74, 6) is 1.38. The standard InChI is InChI=1S/C26H36N2O4/c1-7-23(26(30)27-15-18(2)3)28(16-21-11-13-22(31-6)14-12-21)25(29)17-32-24-10-8-9-19(4)20(24)5/h8-14,18,23H,7,15-17H2,1-6H3,(H,27,30). The van der Waals surface area contributed by atoms with Crippen LogP contribution in [0.5, 0.6) is 11.5 Å². The van der Waals surface area contributed by atoms with E-state index in [0.717, 1.165) is 22.4 Å². The van der Waals surface area contributed by atoms with E-state index in [1.807, 2.05) is 77.1 Å². The van der Waals surface area contributed by atoms with Gasteiger partial charge in [-0.2, -0.15) is 0 Å². The first-order chi connectivity index (χ1) is 15.3. The number of ether oxygens (including phenoxy) is 2. The predicted molar refractivity (Wildman–Crippen MR) is 127 cm³/mol. The van der Waals surface area contributed by atoms with Crippen LogP contribution in [0.4, 0.5) is 0 Å². The van der Waals surface area contributed by atoms with Crippen molar-refractivity contribution in [2.75, 3.05) is 20.3 Å². The van der Waals surface area contributed by atoms with Gasteiger partial charge in [0, 0.05) is 13.1 Å². The molecule has 0 heterocycles. The Balaban J connectivity index is 2.22. The van der Waals surface area contributed by atoms with Gasteiger partial charge in [-0.25, -0.2) is 0 Å². The lowest BCUT2D eigenvalue weighted by atomic mass is 10.1. The number of hydrogen-bond acceptors (Lipinski definition) is 4. The van der Waals surface area contributed by atoms with Crippen molar-refractivity contribution >= 4 is 11.8 Å². The van der Waals surface area contributed by atoms with E-state index in [1.165, 1.54) is 0 Å². The fraction of sp³-hybridized carbons (Fsp3) is 0.462. The first kappa shape index (κ1) is 25.2. The summed E-state index contributed by atoms with van der Waals surface area (Å²) in [7, 11) is 1.61. The quantitative estimate of drug-likeness (QED) is 0.567. The maximum atomic E-state index is 13.3. The minimum absolute atomic E-state index is 0.131. The number of amides is 2. The minimum atomic E-state index is -0.578. The third-order valence-corrected chi connectivity index (χ3v) is 5.49. The van der Waals surface area contributed by atoms with Crippen LogP contribution in [0.3, 0.4) is 0 Å². The van der Waals surface area contributed by atoms with Crippen molar-refractivity contribution in [3.8, 4) is 11.5 Å². The summed E-state index contributed by atoms with van der Waals surface area (Å²) in [6.45, 7) is 10.7. The van der Waals surface area contributed by atoms with Crippen molar-refractivity contribution in [1.82, 2.24) is 10.2 Å². The summed E-state index contributed by atoms with van der Waals surface area (Å²) in [6.07, 6.45) is 0.509. The van der Waals surface area contributed by atoms with Gasteiger partial charge in [0.1, 0.15) is 17.5 Å². The summed E-state index contributed by atoms with van der Waals surface area (Å²) < 4.78 is 11.1. The zero-order chi connectivity index (χ0) is 23.7. The van der Waals surface area contributed by atoms with Gasteiger partial charge >= 0.3 is 0 Å². The normalized spacial score (nSPS) is 11.7. The van der Waals surface area contributed by atoms with Crippen molar-refractivity contribution in [3.05, 3.63) is 59.2 Å². The first-order valence-corrected chi connectivity index (χ1v) is 11.2. The van der Waals surface area contributed by atoms with E-state index in [1.54, 1.807) is 12.0 Å². The van der Waals surface area contributed by atoms with Crippen molar-refractivity contribution in [2.24, 2.45) is 5.92 Å². The highest BCUT2D eigenvalue weighted by Gasteiger charge is 2.29. The molecule has 1 atom stereocenters. The van der Waals surface area contributed by atoms with Crippen molar-refractivity contribution in [1.29, 1.82) is 0 Å². The Kier molecular flexibility index (Phi) is 9.57. The molecular formula is C26H36N2O4. The Bertz CT molecular complexity index is 893. The number of benzene rings is 2. The van der Waals surface area contributed by atoms with Gasteiger partial charge in [-0.3, -0.25) is 9.59 Å². The molecule has 0 aliphatic carbocycles. The second-order valence-corrected chi connectivity index (χ2v) is 8.42. The molecule has 0 saturated heterocycles. The summed E-state index contributed by atoms with van der Waals surface area (Å²) >= 11 is 0. The van der Waals surface area contributed by atoms with Gasteiger partial charge in [0.05, 0.1) is 7.11 Å². The van der Waals surface area contributed by atoms with E-state index in [4.69, 9.17) is 9.47 Å². The highest BCUT2D eigenvalue weighted by atomic mass is 16.5. The lowest BCUT2D eigenvalue weighted by Gasteiger charge is -2.31. The molecule has 2 amide bonds. The van der Waals surface area contributed by atoms with Gasteiger partial charge < -0.3 is 19.7 Å². The molecule has 0 aliphatic rings. The zero-order valence-corrected chi connectivity index (χ0v) is 20.1. The summed E-state index contributed by atoms with van der Waals surface area (Å²) in [5, 5.41) is 2.97. The molecule has 1 N–H and O–H groups in total. The molecular weight excluding hydrogens is 404 g/mol. The molecule has 0 radical (unpaired) electrons. The second kappa shape index (κ2) is 12.1. The summed E-state index contributed by atoms with van der Waals surface area (Å²) in [6, 6.07) is 12.7. The molecule has 32 heavy (non-hydrogen) atoms. The Hall–Kier alpha value is -3.02. The van der Waals surface area contributed by atoms with E-state index in [2.05, 4.69) is 5.32 Å². The molecule has 0 aliphatic heterocycles. The van der Waals surface area contributed by atoms with Crippen LogP contribution in [-0.4, -0.2) is 43.0 Å². The fourth-order valence-corrected chi connectivity index (χ4v) is 3.37. The molecule has 6 heteroatoms. The maximum Gasteiger partial charge on any atom is 0.261 e. The van der Waals surface area contributed by atoms with Crippen LogP contribution in [0.15, 0.2) is 42.5 Å². The number of aryl methyl sites for hydroxylation is 1. The van der Waals surface area contributed by atoms with Gasteiger partial charge in [-0.15, -0.1) is 0 Å². The molecule has 0 spiro atoms. The van der Waals surface area contributed by atoms with Crippen molar-refractivity contribution in [3.63, 3.8) is 0 Å². The van der Waals surface area contributed by atoms with Gasteiger partial charge in [0.15, 0.2) is 6.61 Å². The SMILES string of the molecule is CCC(C(=O)NCC(C)C)N(Cc1ccc(OC)cc1)C(=O)COc1cccc(C)c1C. The van der Waals surface area contributed by atoms with E-state index >= 15 is 0 Å². The largest absolute Gasteiger partial charge is 0.497 e. The second-order valence-electron chi connectivity index (χ2n) is 8.42. The molecule has 2 aromatic rings. The van der Waals surface area contributed by atoms with Gasteiger partial charge in [0.25, 0.3) is 5.91 Å². The monoisotopic (exact) mass is 440 g/mol. The minimum Gasteiger partial charge on any atom is -0.497 e. The van der Waals surface area contributed by atoms with E-state index in [0.29, 0.717) is 31.2 Å². The fourth-order valence-electron chi connectivity index (χ4n) is 3.37. The number of methoxy groups -OCH3 is 1. The van der Waals surface area contributed by atoms with Crippen LogP contribution in [0.1, 0.15) is 43.9 Å². The van der Waals surface area contributed by atoms with Crippen LogP contribution in [0, 0.1) is 19.8 Å². The lowest BCUT2D eigenvalue weighted by molar-refractivity contribution is -0.143. The molecule has 1 unspecified atom stereocenters. The molecule has 0 aromatic heterocycles. The van der Waals surface area contributed by atoms with Crippen LogP contribution in [-0.2, 0) is 16.1 Å². The lowest BCUT2D eigenvalue weighted by Crippen LogP contribution is -2.50. The number of carbonyl (C=O) groups excluding carboxylic acids is 2. The molecule has 2 rings (SSSR count). The smallest absolute Gasteiger partial charge is 0.261 e. The maximum absolute atomic E-state index is 13.3. The third kappa shape index (κ3) is 7.01. The van der Waals surface area contributed by atoms with Crippen LogP contribution >= 0.6 is 0 Å². The Labute approximate surface area is 191 Å². The Morgan fingerprint density at radius 2 is 1.75 bits per heavy atom. The number of hydrogen-bond donors (Lipinski definition) is 1. The summed E-state index contributed by atoms with van der Waals surface area (Å²) in [4.78, 5) is 27.8. The Morgan fingerprint density at radius 3 is 2.34 bits per heavy atom. The third-order valence-electron chi connectivity index (χ3n) is 5.49. The van der Waals surface area contributed by atoms with Crippen molar-refractivity contribution in [2.45, 2.75) is 53.6 Å². The topological polar surface area (TPSA) is 67.9 Å². The molecule has 0 bridgehead atoms. The van der Waals surface area contributed by atoms with Gasteiger partial charge in [0.2, 0.25) is 5.91 Å². The molecule has 0 saturated carbocycles. The Morgan fingerprint density at radius 1 is 1.06 bits per heavy atom. The molecule has 174 valence electrons.